The Labute approximate surface area is 103 Å². The van der Waals surface area contributed by atoms with Crippen molar-refractivity contribution in [3.63, 3.8) is 0 Å². The van der Waals surface area contributed by atoms with Gasteiger partial charge in [-0.2, -0.15) is 0 Å². The van der Waals surface area contributed by atoms with Crippen LogP contribution in [0.1, 0.15) is 5.56 Å². The molecular formula is C12H13N3OS. The van der Waals surface area contributed by atoms with Crippen LogP contribution in [-0.2, 0) is 6.54 Å². The van der Waals surface area contributed by atoms with Crippen LogP contribution in [0.5, 0.6) is 0 Å². The van der Waals surface area contributed by atoms with Gasteiger partial charge in [0.05, 0.1) is 0 Å². The summed E-state index contributed by atoms with van der Waals surface area (Å²) in [6.07, 6.45) is 1.52. The minimum atomic E-state index is -0.131. The smallest absolute Gasteiger partial charge is 0.251 e. The van der Waals surface area contributed by atoms with Crippen molar-refractivity contribution in [3.05, 3.63) is 52.4 Å². The summed E-state index contributed by atoms with van der Waals surface area (Å²) in [5.74, 6) is 0. The van der Waals surface area contributed by atoms with E-state index in [1.807, 2.05) is 25.2 Å². The lowest BCUT2D eigenvalue weighted by molar-refractivity contribution is 0.802. The van der Waals surface area contributed by atoms with Crippen molar-refractivity contribution >= 4 is 11.8 Å². The molecule has 0 bridgehead atoms. The molecule has 2 N–H and O–H groups in total. The maximum absolute atomic E-state index is 11.2. The molecule has 1 heterocycles. The Balaban J connectivity index is 2.26. The fraction of sp³-hybridized carbons (Fsp3) is 0.167. The summed E-state index contributed by atoms with van der Waals surface area (Å²) in [7, 11) is 1.91. The quantitative estimate of drug-likeness (QED) is 0.806. The largest absolute Gasteiger partial charge is 0.316 e. The highest BCUT2D eigenvalue weighted by atomic mass is 32.2. The molecule has 0 saturated carbocycles. The van der Waals surface area contributed by atoms with E-state index in [1.54, 1.807) is 0 Å². The molecule has 2 rings (SSSR count). The highest BCUT2D eigenvalue weighted by Crippen LogP contribution is 2.26. The monoisotopic (exact) mass is 247 g/mol. The molecule has 0 saturated heterocycles. The molecule has 5 heteroatoms. The minimum Gasteiger partial charge on any atom is -0.316 e. The van der Waals surface area contributed by atoms with Crippen LogP contribution in [0.15, 0.2) is 51.4 Å². The van der Waals surface area contributed by atoms with Crippen molar-refractivity contribution < 1.29 is 0 Å². The van der Waals surface area contributed by atoms with Gasteiger partial charge in [-0.25, -0.2) is 4.98 Å². The van der Waals surface area contributed by atoms with Crippen LogP contribution in [0.25, 0.3) is 0 Å². The summed E-state index contributed by atoms with van der Waals surface area (Å²) >= 11 is 1.46. The van der Waals surface area contributed by atoms with Gasteiger partial charge in [-0.05, 0) is 18.7 Å². The lowest BCUT2D eigenvalue weighted by Gasteiger charge is -2.07. The van der Waals surface area contributed by atoms with Crippen LogP contribution in [0.2, 0.25) is 0 Å². The Morgan fingerprint density at radius 2 is 2.18 bits per heavy atom. The Kier molecular flexibility index (Phi) is 3.95. The maximum Gasteiger partial charge on any atom is 0.251 e. The second kappa shape index (κ2) is 5.65. The molecule has 1 aromatic heterocycles. The topological polar surface area (TPSA) is 57.8 Å². The van der Waals surface area contributed by atoms with E-state index < -0.39 is 0 Å². The molecule has 0 spiro atoms. The number of nitrogens with one attached hydrogen (secondary N) is 2. The average molecular weight is 247 g/mol. The van der Waals surface area contributed by atoms with Crippen molar-refractivity contribution in [2.24, 2.45) is 0 Å². The molecule has 0 fully saturated rings. The van der Waals surface area contributed by atoms with Gasteiger partial charge in [0.2, 0.25) is 0 Å². The zero-order valence-corrected chi connectivity index (χ0v) is 10.3. The van der Waals surface area contributed by atoms with Crippen molar-refractivity contribution in [1.29, 1.82) is 0 Å². The van der Waals surface area contributed by atoms with Gasteiger partial charge in [-0.15, -0.1) is 0 Å². The summed E-state index contributed by atoms with van der Waals surface area (Å²) in [6.45, 7) is 0.792. The fourth-order valence-electron chi connectivity index (χ4n) is 1.45. The van der Waals surface area contributed by atoms with Gasteiger partial charge in [0, 0.05) is 23.7 Å². The van der Waals surface area contributed by atoms with E-state index in [0.717, 1.165) is 11.4 Å². The Morgan fingerprint density at radius 1 is 1.35 bits per heavy atom. The van der Waals surface area contributed by atoms with E-state index >= 15 is 0 Å². The molecule has 0 radical (unpaired) electrons. The third-order valence-electron chi connectivity index (χ3n) is 2.19. The Bertz CT molecular complexity index is 553. The van der Waals surface area contributed by atoms with E-state index in [1.165, 1.54) is 29.6 Å². The molecular weight excluding hydrogens is 234 g/mol. The maximum atomic E-state index is 11.2. The van der Waals surface area contributed by atoms with Crippen molar-refractivity contribution in [2.45, 2.75) is 16.6 Å². The minimum absolute atomic E-state index is 0.131. The molecule has 0 amide bonds. The molecule has 1 aromatic carbocycles. The highest BCUT2D eigenvalue weighted by Gasteiger charge is 2.04. The fourth-order valence-corrected chi connectivity index (χ4v) is 2.34. The van der Waals surface area contributed by atoms with Crippen LogP contribution in [0.3, 0.4) is 0 Å². The van der Waals surface area contributed by atoms with Crippen LogP contribution in [0, 0.1) is 0 Å². The first-order valence-electron chi connectivity index (χ1n) is 5.25. The first-order chi connectivity index (χ1) is 8.29. The molecule has 0 aliphatic rings. The molecule has 17 heavy (non-hydrogen) atoms. The predicted octanol–water partition coefficient (Wildman–Crippen LogP) is 1.64. The molecule has 4 nitrogen and oxygen atoms in total. The second-order valence-corrected chi connectivity index (χ2v) is 4.51. The zero-order valence-electron chi connectivity index (χ0n) is 9.43. The third-order valence-corrected chi connectivity index (χ3v) is 3.21. The SMILES string of the molecule is CNCc1ccccc1Sc1nccc(=O)[nH]1. The van der Waals surface area contributed by atoms with E-state index in [0.29, 0.717) is 5.16 Å². The summed E-state index contributed by atoms with van der Waals surface area (Å²) in [5.41, 5.74) is 1.06. The number of aromatic nitrogens is 2. The van der Waals surface area contributed by atoms with Gasteiger partial charge in [-0.1, -0.05) is 30.0 Å². The normalized spacial score (nSPS) is 10.4. The van der Waals surface area contributed by atoms with Crippen LogP contribution < -0.4 is 10.9 Å². The van der Waals surface area contributed by atoms with E-state index in [2.05, 4.69) is 21.4 Å². The molecule has 88 valence electrons. The number of benzene rings is 1. The van der Waals surface area contributed by atoms with Gasteiger partial charge in [0.1, 0.15) is 0 Å². The van der Waals surface area contributed by atoms with Crippen LogP contribution >= 0.6 is 11.8 Å². The van der Waals surface area contributed by atoms with Crippen LogP contribution in [-0.4, -0.2) is 17.0 Å². The molecule has 2 aromatic rings. The third kappa shape index (κ3) is 3.18. The van der Waals surface area contributed by atoms with E-state index in [-0.39, 0.29) is 5.56 Å². The van der Waals surface area contributed by atoms with Gasteiger partial charge in [0.25, 0.3) is 5.56 Å². The lowest BCUT2D eigenvalue weighted by Crippen LogP contribution is -2.07. The van der Waals surface area contributed by atoms with Crippen molar-refractivity contribution in [1.82, 2.24) is 15.3 Å². The van der Waals surface area contributed by atoms with Gasteiger partial charge >= 0.3 is 0 Å². The average Bonchev–Trinajstić information content (AvgIpc) is 2.32. The summed E-state index contributed by atoms with van der Waals surface area (Å²) in [6, 6.07) is 9.45. The molecule has 0 aliphatic heterocycles. The number of hydrogen-bond acceptors (Lipinski definition) is 4. The number of aromatic amines is 1. The van der Waals surface area contributed by atoms with E-state index in [9.17, 15) is 4.79 Å². The number of nitrogens with zero attached hydrogens (tertiary/aromatic N) is 1. The Hall–Kier alpha value is -1.59. The van der Waals surface area contributed by atoms with Crippen LogP contribution in [0.4, 0.5) is 0 Å². The molecule has 0 atom stereocenters. The second-order valence-electron chi connectivity index (χ2n) is 3.48. The highest BCUT2D eigenvalue weighted by molar-refractivity contribution is 7.99. The van der Waals surface area contributed by atoms with Crippen molar-refractivity contribution in [2.75, 3.05) is 7.05 Å². The summed E-state index contributed by atoms with van der Waals surface area (Å²) in [4.78, 5) is 19.1. The van der Waals surface area contributed by atoms with Gasteiger partial charge < -0.3 is 10.3 Å². The number of rotatable bonds is 4. The van der Waals surface area contributed by atoms with Gasteiger partial charge in [-0.3, -0.25) is 4.79 Å². The first kappa shape index (κ1) is 11.9. The molecule has 0 aliphatic carbocycles. The summed E-state index contributed by atoms with van der Waals surface area (Å²) < 4.78 is 0. The standard InChI is InChI=1S/C12H13N3OS/c1-13-8-9-4-2-3-5-10(9)17-12-14-7-6-11(16)15-12/h2-7,13H,8H2,1H3,(H,14,15,16). The number of hydrogen-bond donors (Lipinski definition) is 2. The van der Waals surface area contributed by atoms with Gasteiger partial charge in [0.15, 0.2) is 5.16 Å². The van der Waals surface area contributed by atoms with Crippen molar-refractivity contribution in [3.8, 4) is 0 Å². The zero-order chi connectivity index (χ0) is 12.1. The first-order valence-corrected chi connectivity index (χ1v) is 6.07. The Morgan fingerprint density at radius 3 is 2.94 bits per heavy atom. The number of H-pyrrole nitrogens is 1. The lowest BCUT2D eigenvalue weighted by atomic mass is 10.2. The molecule has 0 unspecified atom stereocenters. The van der Waals surface area contributed by atoms with E-state index in [4.69, 9.17) is 0 Å². The summed E-state index contributed by atoms with van der Waals surface area (Å²) in [5, 5.41) is 3.73. The predicted molar refractivity (Wildman–Crippen MR) is 68.2 cm³/mol.